The third-order valence-corrected chi connectivity index (χ3v) is 5.17. The number of aromatic nitrogens is 3. The van der Waals surface area contributed by atoms with Crippen LogP contribution in [0.2, 0.25) is 0 Å². The van der Waals surface area contributed by atoms with Gasteiger partial charge in [-0.05, 0) is 23.8 Å². The highest BCUT2D eigenvalue weighted by Gasteiger charge is 2.42. The Balaban J connectivity index is 1.47. The maximum atomic E-state index is 13.6. The molecule has 1 aromatic carbocycles. The molecule has 4 rings (SSSR count). The van der Waals surface area contributed by atoms with E-state index >= 15 is 0 Å². The van der Waals surface area contributed by atoms with Crippen LogP contribution < -0.4 is 5.32 Å². The molecule has 0 saturated carbocycles. The van der Waals surface area contributed by atoms with Gasteiger partial charge in [-0.1, -0.05) is 6.07 Å². The van der Waals surface area contributed by atoms with Crippen molar-refractivity contribution >= 4 is 22.8 Å². The first kappa shape index (κ1) is 22.6. The predicted octanol–water partition coefficient (Wildman–Crippen LogP) is 3.06. The number of benzene rings is 1. The van der Waals surface area contributed by atoms with Crippen LogP contribution in [0.25, 0.3) is 22.2 Å². The molecule has 2 amide bonds. The van der Waals surface area contributed by atoms with Gasteiger partial charge in [-0.25, -0.2) is 13.2 Å². The van der Waals surface area contributed by atoms with Gasteiger partial charge in [-0.2, -0.15) is 18.3 Å². The molecule has 2 aromatic heterocycles. The average molecular weight is 471 g/mol. The lowest BCUT2D eigenvalue weighted by Crippen LogP contribution is -2.62. The highest BCUT2D eigenvalue weighted by Crippen LogP contribution is 2.29. The minimum atomic E-state index is -5.00. The Kier molecular flexibility index (Phi) is 5.72. The Labute approximate surface area is 182 Å². The number of hydrogen-bond donors (Lipinski definition) is 1. The number of carbonyl (C=O) groups excluding carboxylic acids is 2. The van der Waals surface area contributed by atoms with E-state index < -0.39 is 41.8 Å². The normalized spacial score (nSPS) is 14.6. The number of rotatable bonds is 5. The van der Waals surface area contributed by atoms with Crippen LogP contribution in [0.5, 0.6) is 0 Å². The molecule has 0 unspecified atom stereocenters. The zero-order chi connectivity index (χ0) is 23.9. The number of halogens is 6. The molecule has 1 N–H and O–H groups in total. The lowest BCUT2D eigenvalue weighted by molar-refractivity contribution is -0.175. The van der Waals surface area contributed by atoms with E-state index in [9.17, 15) is 35.9 Å². The van der Waals surface area contributed by atoms with E-state index in [0.717, 1.165) is 12.1 Å². The van der Waals surface area contributed by atoms with Crippen molar-refractivity contribution in [2.45, 2.75) is 25.2 Å². The molecule has 7 nitrogen and oxygen atoms in total. The van der Waals surface area contributed by atoms with Crippen molar-refractivity contribution < 1.29 is 35.9 Å². The molecule has 0 spiro atoms. The fourth-order valence-corrected chi connectivity index (χ4v) is 3.40. The molecule has 3 heterocycles. The smallest absolute Gasteiger partial charge is 0.342 e. The Bertz CT molecular complexity index is 1220. The van der Waals surface area contributed by atoms with Crippen LogP contribution in [-0.2, 0) is 16.1 Å². The zero-order valence-electron chi connectivity index (χ0n) is 16.6. The number of fused-ring (bicyclic) bond motifs is 1. The number of amides is 2. The van der Waals surface area contributed by atoms with Gasteiger partial charge in [0.25, 0.3) is 6.43 Å². The first-order valence-corrected chi connectivity index (χ1v) is 9.58. The first-order chi connectivity index (χ1) is 15.5. The molecular formula is C20H15F6N5O2. The van der Waals surface area contributed by atoms with Crippen LogP contribution in [0.1, 0.15) is 12.0 Å². The summed E-state index contributed by atoms with van der Waals surface area (Å²) < 4.78 is 77.8. The van der Waals surface area contributed by atoms with Crippen molar-refractivity contribution in [1.29, 1.82) is 0 Å². The third-order valence-electron chi connectivity index (χ3n) is 5.17. The van der Waals surface area contributed by atoms with Crippen LogP contribution in [0, 0.1) is 5.82 Å². The van der Waals surface area contributed by atoms with Gasteiger partial charge in [-0.3, -0.25) is 19.3 Å². The SMILES string of the molecule is O=C(Cn1ncc2ncc(-c3ccc(F)c(C(F)F)c3)cc21)N1CC(NC(=O)C(F)(F)F)C1. The summed E-state index contributed by atoms with van der Waals surface area (Å²) in [5.41, 5.74) is 0.776. The molecule has 1 aliphatic rings. The van der Waals surface area contributed by atoms with E-state index in [1.807, 2.05) is 0 Å². The molecule has 13 heteroatoms. The van der Waals surface area contributed by atoms with Crippen LogP contribution in [0.3, 0.4) is 0 Å². The van der Waals surface area contributed by atoms with E-state index in [-0.39, 0.29) is 19.6 Å². The fraction of sp³-hybridized carbons (Fsp3) is 0.300. The monoisotopic (exact) mass is 471 g/mol. The molecule has 0 aliphatic carbocycles. The Morgan fingerprint density at radius 1 is 1.12 bits per heavy atom. The Hall–Kier alpha value is -3.64. The largest absolute Gasteiger partial charge is 0.471 e. The minimum Gasteiger partial charge on any atom is -0.342 e. The third kappa shape index (κ3) is 4.61. The number of nitrogens with zero attached hydrogens (tertiary/aromatic N) is 4. The molecule has 33 heavy (non-hydrogen) atoms. The molecule has 1 saturated heterocycles. The van der Waals surface area contributed by atoms with Gasteiger partial charge in [0, 0.05) is 24.8 Å². The van der Waals surface area contributed by atoms with Crippen LogP contribution in [0.4, 0.5) is 26.3 Å². The predicted molar refractivity (Wildman–Crippen MR) is 102 cm³/mol. The van der Waals surface area contributed by atoms with E-state index in [2.05, 4.69) is 10.1 Å². The molecule has 0 radical (unpaired) electrons. The summed E-state index contributed by atoms with van der Waals surface area (Å²) in [6, 6.07) is 4.04. The summed E-state index contributed by atoms with van der Waals surface area (Å²) in [6.07, 6.45) is -5.19. The summed E-state index contributed by atoms with van der Waals surface area (Å²) in [6.45, 7) is -0.398. The van der Waals surface area contributed by atoms with Crippen LogP contribution in [0.15, 0.2) is 36.7 Å². The van der Waals surface area contributed by atoms with Gasteiger partial charge in [0.2, 0.25) is 5.91 Å². The maximum absolute atomic E-state index is 13.6. The lowest BCUT2D eigenvalue weighted by atomic mass is 10.0. The number of likely N-dealkylation sites (tertiary alicyclic amines) is 1. The first-order valence-electron chi connectivity index (χ1n) is 9.58. The minimum absolute atomic E-state index is 0.0741. The van der Waals surface area contributed by atoms with E-state index in [0.29, 0.717) is 22.2 Å². The van der Waals surface area contributed by atoms with Gasteiger partial charge in [-0.15, -0.1) is 0 Å². The molecule has 0 bridgehead atoms. The van der Waals surface area contributed by atoms with Crippen molar-refractivity contribution in [3.05, 3.63) is 48.0 Å². The number of nitrogens with one attached hydrogen (secondary N) is 1. The molecule has 1 aliphatic heterocycles. The summed E-state index contributed by atoms with van der Waals surface area (Å²) in [7, 11) is 0. The van der Waals surface area contributed by atoms with E-state index in [1.165, 1.54) is 28.0 Å². The molecule has 174 valence electrons. The highest BCUT2D eigenvalue weighted by molar-refractivity contribution is 5.84. The fourth-order valence-electron chi connectivity index (χ4n) is 3.40. The van der Waals surface area contributed by atoms with E-state index in [4.69, 9.17) is 0 Å². The highest BCUT2D eigenvalue weighted by atomic mass is 19.4. The number of alkyl halides is 5. The van der Waals surface area contributed by atoms with Crippen LogP contribution in [-0.4, -0.2) is 56.8 Å². The summed E-state index contributed by atoms with van der Waals surface area (Å²) in [5, 5.41) is 5.88. The second kappa shape index (κ2) is 8.37. The average Bonchev–Trinajstić information content (AvgIpc) is 3.11. The Morgan fingerprint density at radius 2 is 1.85 bits per heavy atom. The van der Waals surface area contributed by atoms with Gasteiger partial charge in [0.15, 0.2) is 0 Å². The topological polar surface area (TPSA) is 80.1 Å². The molecule has 0 atom stereocenters. The van der Waals surface area contributed by atoms with Gasteiger partial charge in [0.1, 0.15) is 17.9 Å². The lowest BCUT2D eigenvalue weighted by Gasteiger charge is -2.39. The summed E-state index contributed by atoms with van der Waals surface area (Å²) >= 11 is 0. The second-order valence-electron chi connectivity index (χ2n) is 7.43. The number of carbonyl (C=O) groups is 2. The number of hydrogen-bond acceptors (Lipinski definition) is 4. The second-order valence-corrected chi connectivity index (χ2v) is 7.43. The van der Waals surface area contributed by atoms with Gasteiger partial charge in [0.05, 0.1) is 23.3 Å². The molecule has 3 aromatic rings. The summed E-state index contributed by atoms with van der Waals surface area (Å²) in [4.78, 5) is 28.9. The summed E-state index contributed by atoms with van der Waals surface area (Å²) in [5.74, 6) is -3.53. The van der Waals surface area contributed by atoms with Gasteiger partial charge < -0.3 is 10.2 Å². The Morgan fingerprint density at radius 3 is 2.52 bits per heavy atom. The van der Waals surface area contributed by atoms with Crippen molar-refractivity contribution in [1.82, 2.24) is 25.0 Å². The number of pyridine rings is 1. The van der Waals surface area contributed by atoms with Crippen molar-refractivity contribution in [3.63, 3.8) is 0 Å². The van der Waals surface area contributed by atoms with Crippen molar-refractivity contribution in [3.8, 4) is 11.1 Å². The maximum Gasteiger partial charge on any atom is 0.471 e. The van der Waals surface area contributed by atoms with Crippen LogP contribution >= 0.6 is 0 Å². The van der Waals surface area contributed by atoms with Crippen molar-refractivity contribution in [2.75, 3.05) is 13.1 Å². The van der Waals surface area contributed by atoms with E-state index in [1.54, 1.807) is 11.4 Å². The standard InChI is InChI=1S/C20H15F6N5O2/c21-14-2-1-10(3-13(14)18(22)23)11-4-16-15(27-5-11)6-28-31(16)9-17(32)30-7-12(8-30)29-19(33)20(24,25)26/h1-6,12,18H,7-9H2,(H,29,33). The quantitative estimate of drug-likeness (QED) is 0.581. The molecule has 1 fully saturated rings. The van der Waals surface area contributed by atoms with Gasteiger partial charge >= 0.3 is 12.1 Å². The molecular weight excluding hydrogens is 456 g/mol. The van der Waals surface area contributed by atoms with Crippen molar-refractivity contribution in [2.24, 2.45) is 0 Å². The zero-order valence-corrected chi connectivity index (χ0v) is 16.6.